The Balaban J connectivity index is 1.80. The molecule has 3 heterocycles. The first-order valence-electron chi connectivity index (χ1n) is 9.49. The first kappa shape index (κ1) is 19.2. The zero-order valence-electron chi connectivity index (χ0n) is 16.5. The summed E-state index contributed by atoms with van der Waals surface area (Å²) in [5, 5.41) is 15.3. The van der Waals surface area contributed by atoms with Gasteiger partial charge in [0, 0.05) is 67.7 Å². The fourth-order valence-electron chi connectivity index (χ4n) is 3.70. The van der Waals surface area contributed by atoms with E-state index in [4.69, 9.17) is 9.47 Å². The number of nitrogens with one attached hydrogen (secondary N) is 2. The van der Waals surface area contributed by atoms with Gasteiger partial charge in [0.15, 0.2) is 0 Å². The largest absolute Gasteiger partial charge is 0.507 e. The van der Waals surface area contributed by atoms with Gasteiger partial charge in [0.05, 0.1) is 19.6 Å². The van der Waals surface area contributed by atoms with Crippen molar-refractivity contribution in [3.8, 4) is 28.5 Å². The van der Waals surface area contributed by atoms with E-state index in [-0.39, 0.29) is 11.3 Å². The van der Waals surface area contributed by atoms with Crippen LogP contribution in [0.3, 0.4) is 0 Å². The molecule has 3 aromatic rings. The van der Waals surface area contributed by atoms with Gasteiger partial charge < -0.3 is 24.9 Å². The minimum Gasteiger partial charge on any atom is -0.507 e. The number of methoxy groups -OCH3 is 2. The first-order valence-corrected chi connectivity index (χ1v) is 9.49. The Morgan fingerprint density at radius 1 is 1.14 bits per heavy atom. The number of pyridine rings is 2. The van der Waals surface area contributed by atoms with Gasteiger partial charge >= 0.3 is 0 Å². The van der Waals surface area contributed by atoms with Crippen molar-refractivity contribution in [2.45, 2.75) is 6.54 Å². The van der Waals surface area contributed by atoms with Crippen LogP contribution in [-0.2, 0) is 6.54 Å². The highest BCUT2D eigenvalue weighted by Crippen LogP contribution is 2.37. The molecule has 0 radical (unpaired) electrons. The number of phenols is 1. The summed E-state index contributed by atoms with van der Waals surface area (Å²) in [7, 11) is 3.12. The van der Waals surface area contributed by atoms with Crippen molar-refractivity contribution in [1.29, 1.82) is 0 Å². The summed E-state index contributed by atoms with van der Waals surface area (Å²) in [6.45, 7) is 4.31. The van der Waals surface area contributed by atoms with E-state index in [9.17, 15) is 9.90 Å². The Kier molecular flexibility index (Phi) is 5.37. The lowest BCUT2D eigenvalue weighted by Gasteiger charge is -2.28. The standard InChI is InChI=1S/C21H24N4O4/c1-28-19-8-13(7-18(26)17(19)12-25-5-3-22-4-6-25)15-10-24-21(27)16-11-23-20(29-2)9-14(15)16/h7-11,22,26H,3-6,12H2,1-2H3,(H,24,27). The number of aromatic amines is 1. The van der Waals surface area contributed by atoms with Crippen LogP contribution < -0.4 is 20.3 Å². The fourth-order valence-corrected chi connectivity index (χ4v) is 3.70. The number of ether oxygens (including phenoxy) is 2. The lowest BCUT2D eigenvalue weighted by molar-refractivity contribution is 0.227. The zero-order chi connectivity index (χ0) is 20.4. The highest BCUT2D eigenvalue weighted by Gasteiger charge is 2.19. The number of aromatic nitrogens is 2. The van der Waals surface area contributed by atoms with Gasteiger partial charge in [-0.15, -0.1) is 0 Å². The Morgan fingerprint density at radius 2 is 1.93 bits per heavy atom. The maximum atomic E-state index is 12.2. The fraction of sp³-hybridized carbons (Fsp3) is 0.333. The lowest BCUT2D eigenvalue weighted by atomic mass is 9.99. The third-order valence-corrected chi connectivity index (χ3v) is 5.28. The smallest absolute Gasteiger partial charge is 0.257 e. The summed E-state index contributed by atoms with van der Waals surface area (Å²) in [5.41, 5.74) is 2.01. The molecule has 2 aromatic heterocycles. The number of hydrogen-bond acceptors (Lipinski definition) is 7. The molecule has 0 saturated carbocycles. The molecule has 29 heavy (non-hydrogen) atoms. The number of piperazine rings is 1. The van der Waals surface area contributed by atoms with Crippen LogP contribution >= 0.6 is 0 Å². The van der Waals surface area contributed by atoms with Crippen molar-refractivity contribution in [2.75, 3.05) is 40.4 Å². The molecule has 0 unspecified atom stereocenters. The molecule has 4 rings (SSSR count). The molecule has 0 aliphatic carbocycles. The van der Waals surface area contributed by atoms with Crippen LogP contribution in [0.2, 0.25) is 0 Å². The predicted octanol–water partition coefficient (Wildman–Crippen LogP) is 1.72. The second-order valence-electron chi connectivity index (χ2n) is 7.01. The summed E-state index contributed by atoms with van der Waals surface area (Å²) in [5.74, 6) is 1.19. The minimum atomic E-state index is -0.231. The average Bonchev–Trinajstić information content (AvgIpc) is 2.75. The number of benzene rings is 1. The number of aromatic hydroxyl groups is 1. The molecule has 3 N–H and O–H groups in total. The maximum Gasteiger partial charge on any atom is 0.257 e. The van der Waals surface area contributed by atoms with Gasteiger partial charge in [0.2, 0.25) is 5.88 Å². The van der Waals surface area contributed by atoms with Crippen LogP contribution in [0.1, 0.15) is 5.56 Å². The third-order valence-electron chi connectivity index (χ3n) is 5.28. The molecule has 152 valence electrons. The summed E-state index contributed by atoms with van der Waals surface area (Å²) < 4.78 is 10.8. The molecule has 8 heteroatoms. The number of nitrogens with zero attached hydrogens (tertiary/aromatic N) is 2. The molecule has 0 spiro atoms. The molecule has 1 aromatic carbocycles. The van der Waals surface area contributed by atoms with E-state index in [0.717, 1.165) is 42.9 Å². The topological polar surface area (TPSA) is 99.7 Å². The Hall–Kier alpha value is -3.10. The van der Waals surface area contributed by atoms with Gasteiger partial charge in [-0.1, -0.05) is 0 Å². The molecule has 1 fully saturated rings. The molecular weight excluding hydrogens is 372 g/mol. The van der Waals surface area contributed by atoms with Gasteiger partial charge in [0.1, 0.15) is 11.5 Å². The molecule has 0 amide bonds. The zero-order valence-corrected chi connectivity index (χ0v) is 16.5. The van der Waals surface area contributed by atoms with E-state index in [1.54, 1.807) is 25.4 Å². The molecule has 8 nitrogen and oxygen atoms in total. The van der Waals surface area contributed by atoms with Crippen molar-refractivity contribution >= 4 is 10.8 Å². The second kappa shape index (κ2) is 8.10. The third kappa shape index (κ3) is 3.76. The van der Waals surface area contributed by atoms with Gasteiger partial charge in [0.25, 0.3) is 5.56 Å². The SMILES string of the molecule is COc1cc2c(-c3cc(O)c(CN4CCNCC4)c(OC)c3)c[nH]c(=O)c2cn1. The van der Waals surface area contributed by atoms with Crippen LogP contribution in [0, 0.1) is 0 Å². The Bertz CT molecular complexity index is 1090. The molecule has 1 aliphatic heterocycles. The quantitative estimate of drug-likeness (QED) is 0.604. The monoisotopic (exact) mass is 396 g/mol. The lowest BCUT2D eigenvalue weighted by Crippen LogP contribution is -2.42. The van der Waals surface area contributed by atoms with E-state index < -0.39 is 0 Å². The van der Waals surface area contributed by atoms with Crippen LogP contribution in [0.15, 0.2) is 35.4 Å². The highest BCUT2D eigenvalue weighted by atomic mass is 16.5. The first-order chi connectivity index (χ1) is 14.1. The number of phenolic OH excluding ortho intramolecular Hbond substituents is 1. The van der Waals surface area contributed by atoms with Crippen molar-refractivity contribution in [1.82, 2.24) is 20.2 Å². The predicted molar refractivity (Wildman–Crippen MR) is 111 cm³/mol. The summed E-state index contributed by atoms with van der Waals surface area (Å²) in [6.07, 6.45) is 3.13. The highest BCUT2D eigenvalue weighted by molar-refractivity contribution is 5.96. The van der Waals surface area contributed by atoms with Crippen molar-refractivity contribution in [2.24, 2.45) is 0 Å². The van der Waals surface area contributed by atoms with Crippen molar-refractivity contribution in [3.63, 3.8) is 0 Å². The molecule has 1 saturated heterocycles. The molecule has 0 atom stereocenters. The summed E-state index contributed by atoms with van der Waals surface area (Å²) >= 11 is 0. The van der Waals surface area contributed by atoms with Crippen molar-refractivity contribution in [3.05, 3.63) is 46.5 Å². The maximum absolute atomic E-state index is 12.2. The van der Waals surface area contributed by atoms with Crippen LogP contribution in [-0.4, -0.2) is 60.4 Å². The second-order valence-corrected chi connectivity index (χ2v) is 7.01. The van der Waals surface area contributed by atoms with Crippen LogP contribution in [0.25, 0.3) is 21.9 Å². The molecular formula is C21H24N4O4. The normalized spacial score (nSPS) is 14.8. The number of H-pyrrole nitrogens is 1. The Morgan fingerprint density at radius 3 is 2.66 bits per heavy atom. The summed E-state index contributed by atoms with van der Waals surface area (Å²) in [4.78, 5) is 21.4. The van der Waals surface area contributed by atoms with Crippen molar-refractivity contribution < 1.29 is 14.6 Å². The molecule has 0 bridgehead atoms. The molecule has 1 aliphatic rings. The summed E-state index contributed by atoms with van der Waals surface area (Å²) in [6, 6.07) is 5.31. The average molecular weight is 396 g/mol. The van der Waals surface area contributed by atoms with E-state index in [2.05, 4.69) is 20.2 Å². The number of hydrogen-bond donors (Lipinski definition) is 3. The van der Waals surface area contributed by atoms with E-state index >= 15 is 0 Å². The van der Waals surface area contributed by atoms with E-state index in [0.29, 0.717) is 28.9 Å². The number of fused-ring (bicyclic) bond motifs is 1. The van der Waals surface area contributed by atoms with Gasteiger partial charge in [-0.2, -0.15) is 0 Å². The van der Waals surface area contributed by atoms with E-state index in [1.807, 2.05) is 6.07 Å². The van der Waals surface area contributed by atoms with Crippen LogP contribution in [0.5, 0.6) is 17.4 Å². The van der Waals surface area contributed by atoms with Crippen LogP contribution in [0.4, 0.5) is 0 Å². The van der Waals surface area contributed by atoms with Gasteiger partial charge in [-0.3, -0.25) is 9.69 Å². The minimum absolute atomic E-state index is 0.165. The number of rotatable bonds is 5. The Labute approximate surface area is 168 Å². The van der Waals surface area contributed by atoms with Gasteiger partial charge in [-0.25, -0.2) is 4.98 Å². The van der Waals surface area contributed by atoms with E-state index in [1.165, 1.54) is 13.3 Å². The van der Waals surface area contributed by atoms with Gasteiger partial charge in [-0.05, 0) is 17.7 Å².